The van der Waals surface area contributed by atoms with E-state index in [0.717, 1.165) is 5.71 Å². The Morgan fingerprint density at radius 2 is 2.04 bits per heavy atom. The number of hydrogen-bond acceptors (Lipinski definition) is 5. The molecule has 0 radical (unpaired) electrons. The lowest BCUT2D eigenvalue weighted by atomic mass is 10.1. The van der Waals surface area contributed by atoms with Crippen LogP contribution in [0.4, 0.5) is 10.1 Å². The number of anilines is 1. The van der Waals surface area contributed by atoms with Gasteiger partial charge < -0.3 is 10.6 Å². The predicted octanol–water partition coefficient (Wildman–Crippen LogP) is 2.77. The van der Waals surface area contributed by atoms with E-state index >= 15 is 0 Å². The first-order chi connectivity index (χ1) is 11.3. The summed E-state index contributed by atoms with van der Waals surface area (Å²) in [5, 5.41) is 13.1. The van der Waals surface area contributed by atoms with Gasteiger partial charge in [0.25, 0.3) is 0 Å². The van der Waals surface area contributed by atoms with Gasteiger partial charge in [-0.3, -0.25) is 9.59 Å². The number of thioether (sulfide) groups is 1. The highest BCUT2D eigenvalue weighted by atomic mass is 32.2. The lowest BCUT2D eigenvalue weighted by Crippen LogP contribution is -2.28. The molecule has 1 fully saturated rings. The van der Waals surface area contributed by atoms with E-state index in [0.29, 0.717) is 10.9 Å². The maximum absolute atomic E-state index is 12.8. The van der Waals surface area contributed by atoms with Gasteiger partial charge in [-0.05, 0) is 37.1 Å². The van der Waals surface area contributed by atoms with E-state index in [2.05, 4.69) is 20.8 Å². The van der Waals surface area contributed by atoms with E-state index in [1.807, 2.05) is 20.8 Å². The summed E-state index contributed by atoms with van der Waals surface area (Å²) < 4.78 is 12.8. The zero-order chi connectivity index (χ0) is 17.7. The van der Waals surface area contributed by atoms with Crippen LogP contribution in [0.2, 0.25) is 0 Å². The van der Waals surface area contributed by atoms with Gasteiger partial charge in [0.1, 0.15) is 11.1 Å². The molecule has 1 aromatic carbocycles. The lowest BCUT2D eigenvalue weighted by Gasteiger charge is -2.07. The second kappa shape index (κ2) is 8.05. The van der Waals surface area contributed by atoms with Crippen LogP contribution in [0, 0.1) is 11.7 Å². The summed E-state index contributed by atoms with van der Waals surface area (Å²) in [5.74, 6) is -0.701. The molecule has 0 unspecified atom stereocenters. The third-order valence-corrected chi connectivity index (χ3v) is 4.48. The number of nitrogens with one attached hydrogen (secondary N) is 2. The molecule has 1 aliphatic rings. The van der Waals surface area contributed by atoms with E-state index in [4.69, 9.17) is 0 Å². The van der Waals surface area contributed by atoms with E-state index in [1.165, 1.54) is 36.0 Å². The van der Waals surface area contributed by atoms with Crippen molar-refractivity contribution in [2.75, 3.05) is 5.32 Å². The Balaban J connectivity index is 1.92. The highest BCUT2D eigenvalue weighted by Crippen LogP contribution is 2.23. The van der Waals surface area contributed by atoms with E-state index < -0.39 is 5.25 Å². The summed E-state index contributed by atoms with van der Waals surface area (Å²) in [6, 6.07) is 5.44. The number of amides is 2. The standard InChI is InChI=1S/C16H19FN4O2S/c1-9(2)10(3)20-21-16-19-15(23)13(24-16)8-14(22)18-12-6-4-11(17)5-7-12/h4-7,9,13H,8H2,1-3H3,(H,18,22)(H,19,21,23)/b20-10-/t13-/m0/s1. The molecule has 0 spiro atoms. The smallest absolute Gasteiger partial charge is 0.240 e. The van der Waals surface area contributed by atoms with Crippen LogP contribution in [-0.4, -0.2) is 27.9 Å². The highest BCUT2D eigenvalue weighted by molar-refractivity contribution is 8.15. The molecule has 0 aliphatic carbocycles. The summed E-state index contributed by atoms with van der Waals surface area (Å²) in [6.45, 7) is 5.87. The van der Waals surface area contributed by atoms with Crippen LogP contribution in [0.15, 0.2) is 34.5 Å². The van der Waals surface area contributed by atoms with E-state index in [9.17, 15) is 14.0 Å². The summed E-state index contributed by atoms with van der Waals surface area (Å²) in [7, 11) is 0. The largest absolute Gasteiger partial charge is 0.326 e. The second-order valence-electron chi connectivity index (χ2n) is 5.66. The molecule has 24 heavy (non-hydrogen) atoms. The molecule has 1 saturated heterocycles. The zero-order valence-electron chi connectivity index (χ0n) is 13.7. The van der Waals surface area contributed by atoms with Crippen LogP contribution < -0.4 is 10.6 Å². The normalized spacial score (nSPS) is 19.7. The van der Waals surface area contributed by atoms with Gasteiger partial charge in [-0.15, -0.1) is 5.10 Å². The molecule has 8 heteroatoms. The minimum absolute atomic E-state index is 0.000225. The minimum atomic E-state index is -0.557. The topological polar surface area (TPSA) is 82.9 Å². The molecule has 128 valence electrons. The average molecular weight is 350 g/mol. The third kappa shape index (κ3) is 5.16. The monoisotopic (exact) mass is 350 g/mol. The fourth-order valence-electron chi connectivity index (χ4n) is 1.74. The fourth-order valence-corrected chi connectivity index (χ4v) is 2.66. The first-order valence-electron chi connectivity index (χ1n) is 7.50. The van der Waals surface area contributed by atoms with Crippen LogP contribution in [-0.2, 0) is 9.59 Å². The molecule has 0 aromatic heterocycles. The van der Waals surface area contributed by atoms with Crippen LogP contribution >= 0.6 is 11.8 Å². The van der Waals surface area contributed by atoms with Crippen molar-refractivity contribution in [3.05, 3.63) is 30.1 Å². The summed E-state index contributed by atoms with van der Waals surface area (Å²) >= 11 is 1.18. The molecule has 1 aromatic rings. The molecule has 1 atom stereocenters. The molecule has 2 rings (SSSR count). The number of amidine groups is 1. The van der Waals surface area contributed by atoms with Crippen molar-refractivity contribution in [3.63, 3.8) is 0 Å². The van der Waals surface area contributed by atoms with Gasteiger partial charge in [0, 0.05) is 17.8 Å². The second-order valence-corrected chi connectivity index (χ2v) is 6.85. The highest BCUT2D eigenvalue weighted by Gasteiger charge is 2.32. The molecule has 6 nitrogen and oxygen atoms in total. The van der Waals surface area contributed by atoms with Gasteiger partial charge in [0.15, 0.2) is 5.17 Å². The maximum atomic E-state index is 12.8. The van der Waals surface area contributed by atoms with Crippen molar-refractivity contribution in [3.8, 4) is 0 Å². The van der Waals surface area contributed by atoms with Crippen molar-refractivity contribution in [2.45, 2.75) is 32.4 Å². The van der Waals surface area contributed by atoms with Crippen molar-refractivity contribution >= 4 is 40.1 Å². The van der Waals surface area contributed by atoms with Gasteiger partial charge >= 0.3 is 0 Å². The molecule has 1 aliphatic heterocycles. The molecular weight excluding hydrogens is 331 g/mol. The predicted molar refractivity (Wildman–Crippen MR) is 94.6 cm³/mol. The van der Waals surface area contributed by atoms with Crippen LogP contribution in [0.25, 0.3) is 0 Å². The molecule has 1 heterocycles. The van der Waals surface area contributed by atoms with E-state index in [-0.39, 0.29) is 30.0 Å². The third-order valence-electron chi connectivity index (χ3n) is 3.41. The van der Waals surface area contributed by atoms with Crippen molar-refractivity contribution in [2.24, 2.45) is 16.1 Å². The molecular formula is C16H19FN4O2S. The number of benzene rings is 1. The van der Waals surface area contributed by atoms with Gasteiger partial charge in [-0.2, -0.15) is 5.10 Å². The SMILES string of the molecule is C/C(=N/N=C1\NC(=O)[C@H](CC(=O)Nc2ccc(F)cc2)S1)C(C)C. The number of halogens is 1. The molecule has 2 N–H and O–H groups in total. The molecule has 0 bridgehead atoms. The summed E-state index contributed by atoms with van der Waals surface area (Å²) in [6.07, 6.45) is -0.000225. The maximum Gasteiger partial charge on any atom is 0.240 e. The number of nitrogens with zero attached hydrogens (tertiary/aromatic N) is 2. The Labute approximate surface area is 144 Å². The van der Waals surface area contributed by atoms with Crippen molar-refractivity contribution < 1.29 is 14.0 Å². The van der Waals surface area contributed by atoms with Crippen LogP contribution in [0.5, 0.6) is 0 Å². The van der Waals surface area contributed by atoms with Gasteiger partial charge in [0.05, 0.1) is 0 Å². The molecule has 2 amide bonds. The van der Waals surface area contributed by atoms with Crippen molar-refractivity contribution in [1.82, 2.24) is 5.32 Å². The van der Waals surface area contributed by atoms with E-state index in [1.54, 1.807) is 0 Å². The van der Waals surface area contributed by atoms with Crippen LogP contribution in [0.1, 0.15) is 27.2 Å². The lowest BCUT2D eigenvalue weighted by molar-refractivity contribution is -0.122. The fraction of sp³-hybridized carbons (Fsp3) is 0.375. The number of carbonyl (C=O) groups excluding carboxylic acids is 2. The molecule has 0 saturated carbocycles. The summed E-state index contributed by atoms with van der Waals surface area (Å²) in [4.78, 5) is 23.9. The van der Waals surface area contributed by atoms with Gasteiger partial charge in [-0.25, -0.2) is 4.39 Å². The summed E-state index contributed by atoms with van der Waals surface area (Å²) in [5.41, 5.74) is 1.34. The first kappa shape index (κ1) is 18.1. The van der Waals surface area contributed by atoms with Gasteiger partial charge in [-0.1, -0.05) is 25.6 Å². The minimum Gasteiger partial charge on any atom is -0.326 e. The van der Waals surface area contributed by atoms with Gasteiger partial charge in [0.2, 0.25) is 11.8 Å². The Hall–Kier alpha value is -2.22. The number of carbonyl (C=O) groups is 2. The quantitative estimate of drug-likeness (QED) is 0.633. The zero-order valence-corrected chi connectivity index (χ0v) is 14.5. The Morgan fingerprint density at radius 3 is 2.67 bits per heavy atom. The Kier molecular flexibility index (Phi) is 6.08. The number of hydrogen-bond donors (Lipinski definition) is 2. The van der Waals surface area contributed by atoms with Crippen LogP contribution in [0.3, 0.4) is 0 Å². The first-order valence-corrected chi connectivity index (χ1v) is 8.38. The average Bonchev–Trinajstić information content (AvgIpc) is 2.87. The van der Waals surface area contributed by atoms with Crippen molar-refractivity contribution in [1.29, 1.82) is 0 Å². The Bertz CT molecular complexity index is 686. The number of rotatable bonds is 5. The Morgan fingerprint density at radius 1 is 1.38 bits per heavy atom.